The van der Waals surface area contributed by atoms with Gasteiger partial charge in [0.15, 0.2) is 11.5 Å². The van der Waals surface area contributed by atoms with Crippen molar-refractivity contribution in [3.05, 3.63) is 53.3 Å². The molecule has 1 aromatic carbocycles. The first-order chi connectivity index (χ1) is 8.75. The minimum atomic E-state index is -0.0890. The Labute approximate surface area is 105 Å². The van der Waals surface area contributed by atoms with Crippen molar-refractivity contribution in [3.63, 3.8) is 0 Å². The van der Waals surface area contributed by atoms with Gasteiger partial charge in [-0.1, -0.05) is 12.1 Å². The summed E-state index contributed by atoms with van der Waals surface area (Å²) < 4.78 is 0. The monoisotopic (exact) mass is 242 g/mol. The van der Waals surface area contributed by atoms with Crippen LogP contribution in [-0.2, 0) is 6.54 Å². The zero-order valence-electron chi connectivity index (χ0n) is 9.80. The van der Waals surface area contributed by atoms with Crippen LogP contribution in [0, 0.1) is 0 Å². The molecule has 0 amide bonds. The highest BCUT2D eigenvalue weighted by atomic mass is 16.3. The first-order valence-corrected chi connectivity index (χ1v) is 5.92. The maximum Gasteiger partial charge on any atom is 0.157 e. The SMILES string of the molecule is Oc1ccc(C2CNCc3ncccc32)cc1O. The van der Waals surface area contributed by atoms with Crippen molar-refractivity contribution in [3.8, 4) is 11.5 Å². The van der Waals surface area contributed by atoms with Gasteiger partial charge in [-0.2, -0.15) is 0 Å². The fraction of sp³-hybridized carbons (Fsp3) is 0.214. The average molecular weight is 242 g/mol. The summed E-state index contributed by atoms with van der Waals surface area (Å²) in [6.07, 6.45) is 1.79. The number of fused-ring (bicyclic) bond motifs is 1. The Morgan fingerprint density at radius 1 is 1.17 bits per heavy atom. The molecule has 0 fully saturated rings. The largest absolute Gasteiger partial charge is 0.504 e. The van der Waals surface area contributed by atoms with Crippen molar-refractivity contribution < 1.29 is 10.2 Å². The van der Waals surface area contributed by atoms with Crippen LogP contribution in [0.1, 0.15) is 22.7 Å². The molecule has 4 heteroatoms. The quantitative estimate of drug-likeness (QED) is 0.666. The summed E-state index contributed by atoms with van der Waals surface area (Å²) in [6.45, 7) is 1.58. The van der Waals surface area contributed by atoms with Crippen LogP contribution in [0.4, 0.5) is 0 Å². The second-order valence-corrected chi connectivity index (χ2v) is 4.47. The Balaban J connectivity index is 2.05. The molecule has 3 N–H and O–H groups in total. The van der Waals surface area contributed by atoms with Crippen LogP contribution in [0.3, 0.4) is 0 Å². The van der Waals surface area contributed by atoms with Crippen molar-refractivity contribution in [2.75, 3.05) is 6.54 Å². The van der Waals surface area contributed by atoms with Crippen LogP contribution in [-0.4, -0.2) is 21.7 Å². The van der Waals surface area contributed by atoms with Crippen molar-refractivity contribution in [1.82, 2.24) is 10.3 Å². The van der Waals surface area contributed by atoms with E-state index in [4.69, 9.17) is 0 Å². The molecule has 4 nitrogen and oxygen atoms in total. The maximum atomic E-state index is 9.59. The zero-order valence-corrected chi connectivity index (χ0v) is 9.80. The Hall–Kier alpha value is -2.07. The number of hydrogen-bond acceptors (Lipinski definition) is 4. The maximum absolute atomic E-state index is 9.59. The number of aromatic nitrogens is 1. The van der Waals surface area contributed by atoms with E-state index in [1.54, 1.807) is 12.3 Å². The molecule has 0 bridgehead atoms. The number of phenolic OH excluding ortho intramolecular Hbond substituents is 2. The number of benzene rings is 1. The molecule has 0 aliphatic carbocycles. The Morgan fingerprint density at radius 3 is 2.89 bits per heavy atom. The first kappa shape index (κ1) is 11.0. The minimum Gasteiger partial charge on any atom is -0.504 e. The third kappa shape index (κ3) is 1.80. The molecule has 18 heavy (non-hydrogen) atoms. The molecule has 1 aliphatic heterocycles. The van der Waals surface area contributed by atoms with Gasteiger partial charge in [0.2, 0.25) is 0 Å². The molecular weight excluding hydrogens is 228 g/mol. The first-order valence-electron chi connectivity index (χ1n) is 5.92. The van der Waals surface area contributed by atoms with E-state index in [1.165, 1.54) is 11.6 Å². The number of rotatable bonds is 1. The molecule has 1 atom stereocenters. The van der Waals surface area contributed by atoms with Crippen LogP contribution < -0.4 is 5.32 Å². The topological polar surface area (TPSA) is 65.4 Å². The molecule has 0 saturated carbocycles. The minimum absolute atomic E-state index is 0.0801. The lowest BCUT2D eigenvalue weighted by Gasteiger charge is -2.26. The van der Waals surface area contributed by atoms with E-state index in [-0.39, 0.29) is 17.4 Å². The summed E-state index contributed by atoms with van der Waals surface area (Å²) >= 11 is 0. The Bertz CT molecular complexity index is 584. The fourth-order valence-corrected chi connectivity index (χ4v) is 2.41. The van der Waals surface area contributed by atoms with Crippen molar-refractivity contribution in [1.29, 1.82) is 0 Å². The fourth-order valence-electron chi connectivity index (χ4n) is 2.41. The van der Waals surface area contributed by atoms with E-state index in [2.05, 4.69) is 16.4 Å². The van der Waals surface area contributed by atoms with Crippen LogP contribution in [0.25, 0.3) is 0 Å². The molecule has 0 saturated heterocycles. The summed E-state index contributed by atoms with van der Waals surface area (Å²) in [6, 6.07) is 8.97. The predicted molar refractivity (Wildman–Crippen MR) is 67.6 cm³/mol. The lowest BCUT2D eigenvalue weighted by atomic mass is 9.87. The van der Waals surface area contributed by atoms with Crippen LogP contribution in [0.15, 0.2) is 36.5 Å². The van der Waals surface area contributed by atoms with E-state index < -0.39 is 0 Å². The van der Waals surface area contributed by atoms with Gasteiger partial charge in [-0.15, -0.1) is 0 Å². The molecular formula is C14H14N2O2. The van der Waals surface area contributed by atoms with E-state index in [0.717, 1.165) is 24.3 Å². The Kier molecular flexibility index (Phi) is 2.64. The second kappa shape index (κ2) is 4.31. The van der Waals surface area contributed by atoms with Crippen LogP contribution in [0.5, 0.6) is 11.5 Å². The highest BCUT2D eigenvalue weighted by Crippen LogP contribution is 2.33. The van der Waals surface area contributed by atoms with Gasteiger partial charge in [0.05, 0.1) is 5.69 Å². The highest BCUT2D eigenvalue weighted by molar-refractivity contribution is 5.45. The van der Waals surface area contributed by atoms with Gasteiger partial charge < -0.3 is 15.5 Å². The van der Waals surface area contributed by atoms with Crippen LogP contribution in [0.2, 0.25) is 0 Å². The van der Waals surface area contributed by atoms with Gasteiger partial charge in [-0.05, 0) is 29.3 Å². The van der Waals surface area contributed by atoms with Gasteiger partial charge in [0.1, 0.15) is 0 Å². The summed E-state index contributed by atoms with van der Waals surface area (Å²) in [5.41, 5.74) is 3.20. The third-order valence-corrected chi connectivity index (χ3v) is 3.34. The molecule has 1 unspecified atom stereocenters. The second-order valence-electron chi connectivity index (χ2n) is 4.47. The number of nitrogens with zero attached hydrogens (tertiary/aromatic N) is 1. The number of hydrogen-bond donors (Lipinski definition) is 3. The summed E-state index contributed by atoms with van der Waals surface area (Å²) in [4.78, 5) is 4.36. The van der Waals surface area contributed by atoms with Gasteiger partial charge in [0, 0.05) is 25.2 Å². The molecule has 1 aromatic heterocycles. The summed E-state index contributed by atoms with van der Waals surface area (Å²) in [5, 5.41) is 22.3. The number of phenols is 2. The zero-order chi connectivity index (χ0) is 12.5. The molecule has 1 aliphatic rings. The van der Waals surface area contributed by atoms with E-state index >= 15 is 0 Å². The van der Waals surface area contributed by atoms with E-state index in [0.29, 0.717) is 0 Å². The number of aromatic hydroxyl groups is 2. The highest BCUT2D eigenvalue weighted by Gasteiger charge is 2.22. The summed E-state index contributed by atoms with van der Waals surface area (Å²) in [7, 11) is 0. The number of pyridine rings is 1. The standard InChI is InChI=1S/C14H14N2O2/c17-13-4-3-9(6-14(13)18)11-7-15-8-12-10(11)2-1-5-16-12/h1-6,11,15,17-18H,7-8H2. The molecule has 0 radical (unpaired) electrons. The average Bonchev–Trinajstić information content (AvgIpc) is 2.41. The van der Waals surface area contributed by atoms with Crippen molar-refractivity contribution >= 4 is 0 Å². The molecule has 2 aromatic rings. The normalized spacial score (nSPS) is 18.3. The van der Waals surface area contributed by atoms with Gasteiger partial charge >= 0.3 is 0 Å². The molecule has 3 rings (SSSR count). The molecule has 92 valence electrons. The number of nitrogens with one attached hydrogen (secondary N) is 1. The smallest absolute Gasteiger partial charge is 0.157 e. The van der Waals surface area contributed by atoms with Gasteiger partial charge in [-0.25, -0.2) is 0 Å². The van der Waals surface area contributed by atoms with E-state index in [9.17, 15) is 10.2 Å². The van der Waals surface area contributed by atoms with Gasteiger partial charge in [0.25, 0.3) is 0 Å². The lowest BCUT2D eigenvalue weighted by molar-refractivity contribution is 0.402. The van der Waals surface area contributed by atoms with E-state index in [1.807, 2.05) is 12.1 Å². The predicted octanol–water partition coefficient (Wildman–Crippen LogP) is 1.73. The molecule has 0 spiro atoms. The van der Waals surface area contributed by atoms with Crippen LogP contribution >= 0.6 is 0 Å². The van der Waals surface area contributed by atoms with Crippen molar-refractivity contribution in [2.24, 2.45) is 0 Å². The lowest BCUT2D eigenvalue weighted by Crippen LogP contribution is -2.29. The third-order valence-electron chi connectivity index (χ3n) is 3.34. The summed E-state index contributed by atoms with van der Waals surface area (Å²) in [5.74, 6) is -0.00797. The van der Waals surface area contributed by atoms with Crippen molar-refractivity contribution in [2.45, 2.75) is 12.5 Å². The Morgan fingerprint density at radius 2 is 2.06 bits per heavy atom. The van der Waals surface area contributed by atoms with Gasteiger partial charge in [-0.3, -0.25) is 4.98 Å². The molecule has 2 heterocycles.